The summed E-state index contributed by atoms with van der Waals surface area (Å²) < 4.78 is 0.996. The van der Waals surface area contributed by atoms with E-state index in [-0.39, 0.29) is 11.3 Å². The Bertz CT molecular complexity index is 614. The normalized spacial score (nSPS) is 10.2. The van der Waals surface area contributed by atoms with E-state index < -0.39 is 5.97 Å². The summed E-state index contributed by atoms with van der Waals surface area (Å²) in [6.45, 7) is 0.564. The highest BCUT2D eigenvalue weighted by Crippen LogP contribution is 2.24. The Hall–Kier alpha value is -2.01. The van der Waals surface area contributed by atoms with Crippen LogP contribution in [0.4, 0.5) is 11.4 Å². The van der Waals surface area contributed by atoms with Crippen molar-refractivity contribution in [2.45, 2.75) is 6.54 Å². The van der Waals surface area contributed by atoms with Crippen LogP contribution in [-0.4, -0.2) is 11.1 Å². The summed E-state index contributed by atoms with van der Waals surface area (Å²) in [5.74, 6) is -1.03. The van der Waals surface area contributed by atoms with Crippen molar-refractivity contribution < 1.29 is 9.90 Å². The molecule has 0 saturated heterocycles. The van der Waals surface area contributed by atoms with Gasteiger partial charge >= 0.3 is 5.97 Å². The quantitative estimate of drug-likeness (QED) is 0.755. The van der Waals surface area contributed by atoms with Gasteiger partial charge in [-0.1, -0.05) is 40.2 Å². The third-order valence-corrected chi connectivity index (χ3v) is 3.54. The van der Waals surface area contributed by atoms with E-state index in [0.29, 0.717) is 12.2 Å². The Labute approximate surface area is 119 Å². The zero-order chi connectivity index (χ0) is 13.8. The van der Waals surface area contributed by atoms with Gasteiger partial charge in [0.25, 0.3) is 0 Å². The number of nitrogens with one attached hydrogen (secondary N) is 1. The van der Waals surface area contributed by atoms with Crippen molar-refractivity contribution in [3.63, 3.8) is 0 Å². The first-order valence-corrected chi connectivity index (χ1v) is 6.48. The van der Waals surface area contributed by atoms with Gasteiger partial charge in [0.15, 0.2) is 0 Å². The summed E-state index contributed by atoms with van der Waals surface area (Å²) >= 11 is 3.46. The molecule has 0 radical (unpaired) electrons. The summed E-state index contributed by atoms with van der Waals surface area (Å²) in [5, 5.41) is 12.2. The SMILES string of the molecule is Nc1c(NCc2ccccc2Br)cccc1C(=O)O. The van der Waals surface area contributed by atoms with Crippen molar-refractivity contribution in [3.8, 4) is 0 Å². The predicted octanol–water partition coefficient (Wildman–Crippen LogP) is 3.34. The summed E-state index contributed by atoms with van der Waals surface area (Å²) in [4.78, 5) is 11.0. The summed E-state index contributed by atoms with van der Waals surface area (Å²) in [6.07, 6.45) is 0. The highest BCUT2D eigenvalue weighted by molar-refractivity contribution is 9.10. The first kappa shape index (κ1) is 13.4. The fourth-order valence-corrected chi connectivity index (χ4v) is 2.16. The van der Waals surface area contributed by atoms with Crippen LogP contribution in [0, 0.1) is 0 Å². The van der Waals surface area contributed by atoms with Gasteiger partial charge in [-0.2, -0.15) is 0 Å². The van der Waals surface area contributed by atoms with Crippen LogP contribution in [0.15, 0.2) is 46.9 Å². The molecule has 2 aromatic rings. The lowest BCUT2D eigenvalue weighted by atomic mass is 10.1. The van der Waals surface area contributed by atoms with Gasteiger partial charge in [0, 0.05) is 11.0 Å². The van der Waals surface area contributed by atoms with E-state index in [9.17, 15) is 4.79 Å². The van der Waals surface area contributed by atoms with Crippen molar-refractivity contribution in [1.29, 1.82) is 0 Å². The second kappa shape index (κ2) is 5.75. The molecule has 2 aromatic carbocycles. The number of carboxylic acid groups (broad SMARTS) is 1. The van der Waals surface area contributed by atoms with Crippen molar-refractivity contribution >= 4 is 33.3 Å². The van der Waals surface area contributed by atoms with Gasteiger partial charge in [-0.25, -0.2) is 4.79 Å². The molecule has 0 aliphatic rings. The molecular weight excluding hydrogens is 308 g/mol. The van der Waals surface area contributed by atoms with Gasteiger partial charge in [0.2, 0.25) is 0 Å². The average Bonchev–Trinajstić information content (AvgIpc) is 2.39. The van der Waals surface area contributed by atoms with E-state index in [2.05, 4.69) is 21.2 Å². The number of hydrogen-bond donors (Lipinski definition) is 3. The fraction of sp³-hybridized carbons (Fsp3) is 0.0714. The number of carboxylic acids is 1. The molecule has 0 spiro atoms. The fourth-order valence-electron chi connectivity index (χ4n) is 1.74. The Morgan fingerprint density at radius 1 is 1.21 bits per heavy atom. The van der Waals surface area contributed by atoms with Crippen LogP contribution in [0.1, 0.15) is 15.9 Å². The highest BCUT2D eigenvalue weighted by Gasteiger charge is 2.10. The maximum atomic E-state index is 11.0. The smallest absolute Gasteiger partial charge is 0.337 e. The molecule has 4 nitrogen and oxygen atoms in total. The van der Waals surface area contributed by atoms with Crippen molar-refractivity contribution in [3.05, 3.63) is 58.1 Å². The number of hydrogen-bond acceptors (Lipinski definition) is 3. The molecule has 0 amide bonds. The van der Waals surface area contributed by atoms with Gasteiger partial charge < -0.3 is 16.2 Å². The third-order valence-electron chi connectivity index (χ3n) is 2.76. The number of benzene rings is 2. The minimum absolute atomic E-state index is 0.108. The van der Waals surface area contributed by atoms with Crippen LogP contribution in [-0.2, 0) is 6.54 Å². The number of nitrogen functional groups attached to an aromatic ring is 1. The van der Waals surface area contributed by atoms with Gasteiger partial charge in [-0.15, -0.1) is 0 Å². The summed E-state index contributed by atoms with van der Waals surface area (Å²) in [7, 11) is 0. The number of halogens is 1. The van der Waals surface area contributed by atoms with Crippen molar-refractivity contribution in [1.82, 2.24) is 0 Å². The monoisotopic (exact) mass is 320 g/mol. The van der Waals surface area contributed by atoms with Gasteiger partial charge in [-0.3, -0.25) is 0 Å². The molecule has 19 heavy (non-hydrogen) atoms. The molecule has 5 heteroatoms. The van der Waals surface area contributed by atoms with Gasteiger partial charge in [-0.05, 0) is 23.8 Å². The maximum Gasteiger partial charge on any atom is 0.337 e. The maximum absolute atomic E-state index is 11.0. The molecule has 0 aromatic heterocycles. The zero-order valence-corrected chi connectivity index (χ0v) is 11.6. The van der Waals surface area contributed by atoms with Crippen LogP contribution >= 0.6 is 15.9 Å². The standard InChI is InChI=1S/C14H13BrN2O2/c15-11-6-2-1-4-9(11)8-17-12-7-3-5-10(13(12)16)14(18)19/h1-7,17H,8,16H2,(H,18,19). The third kappa shape index (κ3) is 3.06. The molecule has 0 saturated carbocycles. The van der Waals surface area contributed by atoms with E-state index in [1.807, 2.05) is 24.3 Å². The Morgan fingerprint density at radius 3 is 2.63 bits per heavy atom. The van der Waals surface area contributed by atoms with Crippen LogP contribution in [0.5, 0.6) is 0 Å². The molecule has 0 atom stereocenters. The molecule has 2 rings (SSSR count). The molecule has 98 valence electrons. The lowest BCUT2D eigenvalue weighted by molar-refractivity contribution is 0.0698. The van der Waals surface area contributed by atoms with Gasteiger partial charge in [0.1, 0.15) is 0 Å². The Kier molecular flexibility index (Phi) is 4.06. The zero-order valence-electron chi connectivity index (χ0n) is 10.1. The largest absolute Gasteiger partial charge is 0.478 e. The van der Waals surface area contributed by atoms with E-state index in [1.54, 1.807) is 12.1 Å². The number of aromatic carboxylic acids is 1. The molecule has 0 heterocycles. The second-order valence-electron chi connectivity index (χ2n) is 4.02. The Morgan fingerprint density at radius 2 is 1.95 bits per heavy atom. The lowest BCUT2D eigenvalue weighted by Crippen LogP contribution is -2.07. The molecule has 0 aliphatic heterocycles. The Balaban J connectivity index is 2.19. The summed E-state index contributed by atoms with van der Waals surface area (Å²) in [6, 6.07) is 12.7. The van der Waals surface area contributed by atoms with Crippen LogP contribution < -0.4 is 11.1 Å². The molecular formula is C14H13BrN2O2. The lowest BCUT2D eigenvalue weighted by Gasteiger charge is -2.12. The molecule has 0 aliphatic carbocycles. The second-order valence-corrected chi connectivity index (χ2v) is 4.87. The van der Waals surface area contributed by atoms with E-state index in [1.165, 1.54) is 6.07 Å². The molecule has 0 fully saturated rings. The van der Waals surface area contributed by atoms with E-state index in [0.717, 1.165) is 10.0 Å². The van der Waals surface area contributed by atoms with Crippen LogP contribution in [0.3, 0.4) is 0 Å². The van der Waals surface area contributed by atoms with E-state index in [4.69, 9.17) is 10.8 Å². The number of carbonyl (C=O) groups is 1. The minimum atomic E-state index is -1.03. The van der Waals surface area contributed by atoms with Crippen molar-refractivity contribution in [2.75, 3.05) is 11.1 Å². The topological polar surface area (TPSA) is 75.3 Å². The average molecular weight is 321 g/mol. The summed E-state index contributed by atoms with van der Waals surface area (Å²) in [5.41, 5.74) is 7.88. The van der Waals surface area contributed by atoms with E-state index >= 15 is 0 Å². The highest BCUT2D eigenvalue weighted by atomic mass is 79.9. The first-order valence-electron chi connectivity index (χ1n) is 5.68. The molecule has 4 N–H and O–H groups in total. The van der Waals surface area contributed by atoms with Crippen LogP contribution in [0.25, 0.3) is 0 Å². The molecule has 0 bridgehead atoms. The predicted molar refractivity (Wildman–Crippen MR) is 79.3 cm³/mol. The first-order chi connectivity index (χ1) is 9.09. The molecule has 0 unspecified atom stereocenters. The van der Waals surface area contributed by atoms with Gasteiger partial charge in [0.05, 0.1) is 16.9 Å². The minimum Gasteiger partial charge on any atom is -0.478 e. The number of nitrogens with two attached hydrogens (primary N) is 1. The number of rotatable bonds is 4. The number of anilines is 2. The number of para-hydroxylation sites is 1. The van der Waals surface area contributed by atoms with Crippen molar-refractivity contribution in [2.24, 2.45) is 0 Å². The van der Waals surface area contributed by atoms with Crippen LogP contribution in [0.2, 0.25) is 0 Å².